The number of nitrogens with one attached hydrogen (secondary N) is 1. The number of aliphatic carboxylic acids is 1. The standard InChI is InChI=1S/C18H24N4O4/c1-21(2)17-19-16(25)18(20-17)7-9-22(10-8-18)14(15(23)24)12-5-4-6-13(11-12)26-3/h4-6,11,14H,7-10H2,1-3H3,(H,23,24)(H,19,20,25). The number of hydrogen-bond acceptors (Lipinski definition) is 6. The van der Waals surface area contributed by atoms with E-state index in [0.717, 1.165) is 0 Å². The molecule has 1 atom stereocenters. The monoisotopic (exact) mass is 360 g/mol. The van der Waals surface area contributed by atoms with Crippen LogP contribution in [0, 0.1) is 0 Å². The van der Waals surface area contributed by atoms with Gasteiger partial charge in [0.2, 0.25) is 5.96 Å². The second-order valence-corrected chi connectivity index (χ2v) is 6.87. The number of nitrogens with zero attached hydrogens (tertiary/aromatic N) is 3. The Morgan fingerprint density at radius 1 is 1.38 bits per heavy atom. The second-order valence-electron chi connectivity index (χ2n) is 6.87. The van der Waals surface area contributed by atoms with Gasteiger partial charge in [0.05, 0.1) is 7.11 Å². The summed E-state index contributed by atoms with van der Waals surface area (Å²) in [6.07, 6.45) is 0.980. The molecule has 1 saturated heterocycles. The third-order valence-electron chi connectivity index (χ3n) is 5.03. The Morgan fingerprint density at radius 3 is 2.62 bits per heavy atom. The molecule has 0 bridgehead atoms. The van der Waals surface area contributed by atoms with E-state index in [9.17, 15) is 14.7 Å². The molecule has 2 N–H and O–H groups in total. The highest BCUT2D eigenvalue weighted by Crippen LogP contribution is 2.34. The van der Waals surface area contributed by atoms with E-state index in [0.29, 0.717) is 43.2 Å². The van der Waals surface area contributed by atoms with Crippen LogP contribution >= 0.6 is 0 Å². The fourth-order valence-electron chi connectivity index (χ4n) is 3.52. The minimum atomic E-state index is -0.914. The molecule has 0 saturated carbocycles. The number of piperidine rings is 1. The van der Waals surface area contributed by atoms with Crippen molar-refractivity contribution in [3.8, 4) is 5.75 Å². The van der Waals surface area contributed by atoms with Crippen LogP contribution in [0.4, 0.5) is 0 Å². The van der Waals surface area contributed by atoms with Crippen molar-refractivity contribution in [2.45, 2.75) is 24.4 Å². The summed E-state index contributed by atoms with van der Waals surface area (Å²) in [5.74, 6) is 0.167. The minimum absolute atomic E-state index is 0.103. The molecule has 2 aliphatic heterocycles. The van der Waals surface area contributed by atoms with E-state index < -0.39 is 17.6 Å². The van der Waals surface area contributed by atoms with Crippen LogP contribution in [-0.4, -0.2) is 72.6 Å². The highest BCUT2D eigenvalue weighted by atomic mass is 16.5. The molecule has 1 unspecified atom stereocenters. The summed E-state index contributed by atoms with van der Waals surface area (Å²) in [5, 5.41) is 12.6. The van der Waals surface area contributed by atoms with Crippen molar-refractivity contribution in [2.24, 2.45) is 4.99 Å². The van der Waals surface area contributed by atoms with Crippen LogP contribution in [-0.2, 0) is 9.59 Å². The largest absolute Gasteiger partial charge is 0.497 e. The van der Waals surface area contributed by atoms with E-state index in [2.05, 4.69) is 10.3 Å². The number of carboxylic acids is 1. The topological polar surface area (TPSA) is 94.5 Å². The van der Waals surface area contributed by atoms with Gasteiger partial charge >= 0.3 is 5.97 Å². The van der Waals surface area contributed by atoms with Crippen LogP contribution in [0.15, 0.2) is 29.3 Å². The molecule has 1 fully saturated rings. The zero-order valence-electron chi connectivity index (χ0n) is 15.2. The molecule has 0 radical (unpaired) electrons. The first kappa shape index (κ1) is 18.2. The summed E-state index contributed by atoms with van der Waals surface area (Å²) in [6.45, 7) is 0.956. The Labute approximate surface area is 152 Å². The number of ether oxygens (including phenoxy) is 1. The fourth-order valence-corrected chi connectivity index (χ4v) is 3.52. The molecule has 26 heavy (non-hydrogen) atoms. The Hall–Kier alpha value is -2.61. The molecule has 1 aromatic rings. The molecular weight excluding hydrogens is 336 g/mol. The van der Waals surface area contributed by atoms with E-state index in [4.69, 9.17) is 4.74 Å². The van der Waals surface area contributed by atoms with Crippen molar-refractivity contribution >= 4 is 17.8 Å². The first-order valence-electron chi connectivity index (χ1n) is 8.56. The third-order valence-corrected chi connectivity index (χ3v) is 5.03. The third kappa shape index (κ3) is 3.24. The SMILES string of the molecule is COc1cccc(C(C(=O)O)N2CCC3(CC2)N=C(N(C)C)NC3=O)c1. The summed E-state index contributed by atoms with van der Waals surface area (Å²) >= 11 is 0. The molecular formula is C18H24N4O4. The molecule has 8 nitrogen and oxygen atoms in total. The first-order chi connectivity index (χ1) is 12.4. The Morgan fingerprint density at radius 2 is 2.08 bits per heavy atom. The van der Waals surface area contributed by atoms with Gasteiger partial charge in [-0.3, -0.25) is 19.8 Å². The number of aliphatic imine (C=N–C) groups is 1. The summed E-state index contributed by atoms with van der Waals surface area (Å²) in [7, 11) is 5.21. The van der Waals surface area contributed by atoms with Crippen LogP contribution in [0.25, 0.3) is 0 Å². The smallest absolute Gasteiger partial charge is 0.325 e. The van der Waals surface area contributed by atoms with Crippen LogP contribution < -0.4 is 10.1 Å². The maximum absolute atomic E-state index is 12.4. The van der Waals surface area contributed by atoms with Gasteiger partial charge in [0, 0.05) is 27.2 Å². The first-order valence-corrected chi connectivity index (χ1v) is 8.56. The van der Waals surface area contributed by atoms with Crippen LogP contribution in [0.2, 0.25) is 0 Å². The predicted molar refractivity (Wildman–Crippen MR) is 96.2 cm³/mol. The zero-order chi connectivity index (χ0) is 18.9. The van der Waals surface area contributed by atoms with Gasteiger partial charge < -0.3 is 14.7 Å². The van der Waals surface area contributed by atoms with Gasteiger partial charge in [-0.2, -0.15) is 0 Å². The summed E-state index contributed by atoms with van der Waals surface area (Å²) in [4.78, 5) is 32.6. The van der Waals surface area contributed by atoms with Gasteiger partial charge in [0.25, 0.3) is 5.91 Å². The normalized spacial score (nSPS) is 20.4. The Balaban J connectivity index is 1.79. The number of carbonyl (C=O) groups excluding carboxylic acids is 1. The average Bonchev–Trinajstić information content (AvgIpc) is 2.94. The Bertz CT molecular complexity index is 738. The molecule has 1 amide bonds. The van der Waals surface area contributed by atoms with Gasteiger partial charge in [0.15, 0.2) is 0 Å². The van der Waals surface area contributed by atoms with Crippen LogP contribution in [0.1, 0.15) is 24.4 Å². The maximum atomic E-state index is 12.4. The number of carboxylic acid groups (broad SMARTS) is 1. The number of carbonyl (C=O) groups is 2. The lowest BCUT2D eigenvalue weighted by atomic mass is 9.86. The summed E-state index contributed by atoms with van der Waals surface area (Å²) < 4.78 is 5.21. The predicted octanol–water partition coefficient (Wildman–Crippen LogP) is 0.703. The van der Waals surface area contributed by atoms with Gasteiger partial charge in [-0.25, -0.2) is 4.99 Å². The Kier molecular flexibility index (Phi) is 4.86. The van der Waals surface area contributed by atoms with Crippen LogP contribution in [0.3, 0.4) is 0 Å². The lowest BCUT2D eigenvalue weighted by molar-refractivity contribution is -0.144. The average molecular weight is 360 g/mol. The number of likely N-dealkylation sites (tertiary alicyclic amines) is 1. The number of guanidine groups is 1. The van der Waals surface area contributed by atoms with E-state index >= 15 is 0 Å². The molecule has 1 spiro atoms. The van der Waals surface area contributed by atoms with Crippen molar-refractivity contribution < 1.29 is 19.4 Å². The molecule has 3 rings (SSSR count). The van der Waals surface area contributed by atoms with Crippen molar-refractivity contribution in [3.63, 3.8) is 0 Å². The van der Waals surface area contributed by atoms with Crippen molar-refractivity contribution in [1.29, 1.82) is 0 Å². The lowest BCUT2D eigenvalue weighted by Crippen LogP contribution is -2.51. The van der Waals surface area contributed by atoms with Crippen LogP contribution in [0.5, 0.6) is 5.75 Å². The molecule has 8 heteroatoms. The number of methoxy groups -OCH3 is 1. The lowest BCUT2D eigenvalue weighted by Gasteiger charge is -2.38. The highest BCUT2D eigenvalue weighted by molar-refractivity contribution is 6.07. The maximum Gasteiger partial charge on any atom is 0.325 e. The second kappa shape index (κ2) is 6.95. The molecule has 0 aliphatic carbocycles. The molecule has 0 aromatic heterocycles. The number of rotatable bonds is 4. The van der Waals surface area contributed by atoms with E-state index in [-0.39, 0.29) is 5.91 Å². The summed E-state index contributed by atoms with van der Waals surface area (Å²) in [6, 6.07) is 6.33. The van der Waals surface area contributed by atoms with Gasteiger partial charge in [-0.15, -0.1) is 0 Å². The molecule has 1 aromatic carbocycles. The van der Waals surface area contributed by atoms with Gasteiger partial charge in [-0.1, -0.05) is 12.1 Å². The van der Waals surface area contributed by atoms with Gasteiger partial charge in [0.1, 0.15) is 17.3 Å². The molecule has 2 aliphatic rings. The number of hydrogen-bond donors (Lipinski definition) is 2. The fraction of sp³-hybridized carbons (Fsp3) is 0.500. The molecule has 2 heterocycles. The van der Waals surface area contributed by atoms with Crippen molar-refractivity contribution in [2.75, 3.05) is 34.3 Å². The summed E-state index contributed by atoms with van der Waals surface area (Å²) in [5.41, 5.74) is -0.116. The number of amides is 1. The van der Waals surface area contributed by atoms with Gasteiger partial charge in [-0.05, 0) is 30.5 Å². The highest BCUT2D eigenvalue weighted by Gasteiger charge is 2.47. The number of benzene rings is 1. The van der Waals surface area contributed by atoms with E-state index in [1.165, 1.54) is 0 Å². The van der Waals surface area contributed by atoms with Crippen molar-refractivity contribution in [1.82, 2.24) is 15.1 Å². The zero-order valence-corrected chi connectivity index (χ0v) is 15.2. The minimum Gasteiger partial charge on any atom is -0.497 e. The van der Waals surface area contributed by atoms with Crippen molar-refractivity contribution in [3.05, 3.63) is 29.8 Å². The van der Waals surface area contributed by atoms with E-state index in [1.54, 1.807) is 36.3 Å². The quantitative estimate of drug-likeness (QED) is 0.821. The molecule has 140 valence electrons. The van der Waals surface area contributed by atoms with E-state index in [1.807, 2.05) is 19.0 Å².